The summed E-state index contributed by atoms with van der Waals surface area (Å²) in [6.45, 7) is 6.03. The van der Waals surface area contributed by atoms with Gasteiger partial charge in [0.1, 0.15) is 0 Å². The molecule has 2 aromatic carbocycles. The van der Waals surface area contributed by atoms with E-state index in [0.29, 0.717) is 11.3 Å². The molecule has 0 saturated carbocycles. The minimum absolute atomic E-state index is 0.177. The van der Waals surface area contributed by atoms with E-state index < -0.39 is 22.1 Å². The summed E-state index contributed by atoms with van der Waals surface area (Å²) in [5.41, 5.74) is 2.68. The van der Waals surface area contributed by atoms with Gasteiger partial charge in [0.25, 0.3) is 5.91 Å². The Balaban J connectivity index is 1.39. The molecule has 0 N–H and O–H groups in total. The molecule has 0 bridgehead atoms. The molecule has 0 aliphatic carbocycles. The average Bonchev–Trinajstić information content (AvgIpc) is 2.84. The summed E-state index contributed by atoms with van der Waals surface area (Å²) >= 11 is 0. The minimum atomic E-state index is -3.61. The first-order valence-corrected chi connectivity index (χ1v) is 12.5. The standard InChI is InChI=1S/C25H27N3O5S/c1-17-9-10-23-20(15-17)16-22(18(2)26-23)25(30)33-19(3)24(29)27-11-13-28(14-12-27)34(31,32)21-7-5-4-6-8-21/h4-10,15-16,19H,11-14H2,1-3H3. The Labute approximate surface area is 199 Å². The van der Waals surface area contributed by atoms with Crippen molar-refractivity contribution >= 4 is 32.8 Å². The molecule has 1 saturated heterocycles. The average molecular weight is 482 g/mol. The van der Waals surface area contributed by atoms with Gasteiger partial charge in [-0.2, -0.15) is 4.31 Å². The Morgan fingerprint density at radius 2 is 1.65 bits per heavy atom. The number of fused-ring (bicyclic) bond motifs is 1. The Kier molecular flexibility index (Phi) is 6.67. The lowest BCUT2D eigenvalue weighted by Gasteiger charge is -2.35. The van der Waals surface area contributed by atoms with Crippen molar-refractivity contribution in [1.29, 1.82) is 0 Å². The summed E-state index contributed by atoms with van der Waals surface area (Å²) in [7, 11) is -3.61. The molecular formula is C25H27N3O5S. The summed E-state index contributed by atoms with van der Waals surface area (Å²) in [5, 5.41) is 0.826. The first-order valence-electron chi connectivity index (χ1n) is 11.1. The van der Waals surface area contributed by atoms with Gasteiger partial charge in [0.15, 0.2) is 6.10 Å². The molecule has 0 spiro atoms. The number of esters is 1. The van der Waals surface area contributed by atoms with E-state index in [2.05, 4.69) is 4.98 Å². The monoisotopic (exact) mass is 481 g/mol. The van der Waals surface area contributed by atoms with Gasteiger partial charge in [-0.1, -0.05) is 29.8 Å². The van der Waals surface area contributed by atoms with Crippen molar-refractivity contribution in [3.63, 3.8) is 0 Å². The summed E-state index contributed by atoms with van der Waals surface area (Å²) in [6, 6.07) is 15.8. The fourth-order valence-corrected chi connectivity index (χ4v) is 5.46. The van der Waals surface area contributed by atoms with Crippen molar-refractivity contribution in [2.75, 3.05) is 26.2 Å². The van der Waals surface area contributed by atoms with Crippen LogP contribution in [0.1, 0.15) is 28.5 Å². The molecule has 1 aliphatic rings. The quantitative estimate of drug-likeness (QED) is 0.520. The third-order valence-corrected chi connectivity index (χ3v) is 7.86. The first kappa shape index (κ1) is 23.8. The van der Waals surface area contributed by atoms with Crippen LogP contribution in [0.3, 0.4) is 0 Å². The van der Waals surface area contributed by atoms with Crippen LogP contribution in [0.15, 0.2) is 59.5 Å². The molecule has 9 heteroatoms. The van der Waals surface area contributed by atoms with Crippen LogP contribution in [0.5, 0.6) is 0 Å². The number of sulfonamides is 1. The molecule has 1 atom stereocenters. The van der Waals surface area contributed by atoms with Crippen molar-refractivity contribution < 1.29 is 22.7 Å². The fraction of sp³-hybridized carbons (Fsp3) is 0.320. The second-order valence-corrected chi connectivity index (χ2v) is 10.3. The number of aryl methyl sites for hydroxylation is 2. The van der Waals surface area contributed by atoms with Crippen LogP contribution in [-0.2, 0) is 19.6 Å². The predicted molar refractivity (Wildman–Crippen MR) is 128 cm³/mol. The van der Waals surface area contributed by atoms with E-state index in [0.717, 1.165) is 16.5 Å². The van der Waals surface area contributed by atoms with Crippen LogP contribution in [0.25, 0.3) is 10.9 Å². The number of carbonyl (C=O) groups excluding carboxylic acids is 2. The maximum atomic E-state index is 12.9. The molecule has 8 nitrogen and oxygen atoms in total. The van der Waals surface area contributed by atoms with Gasteiger partial charge in [-0.05, 0) is 51.1 Å². The summed E-state index contributed by atoms with van der Waals surface area (Å²) in [6.07, 6.45) is -1.00. The number of pyridine rings is 1. The maximum absolute atomic E-state index is 12.9. The molecule has 1 aliphatic heterocycles. The van der Waals surface area contributed by atoms with Crippen LogP contribution >= 0.6 is 0 Å². The predicted octanol–water partition coefficient (Wildman–Crippen LogP) is 2.93. The normalized spacial score (nSPS) is 15.8. The van der Waals surface area contributed by atoms with Crippen molar-refractivity contribution in [3.05, 3.63) is 71.4 Å². The van der Waals surface area contributed by atoms with Crippen LogP contribution in [-0.4, -0.2) is 66.8 Å². The highest BCUT2D eigenvalue weighted by molar-refractivity contribution is 7.89. The number of piperazine rings is 1. The number of benzene rings is 2. The zero-order valence-electron chi connectivity index (χ0n) is 19.4. The molecule has 3 aromatic rings. The second kappa shape index (κ2) is 9.52. The summed E-state index contributed by atoms with van der Waals surface area (Å²) in [4.78, 5) is 31.9. The zero-order valence-corrected chi connectivity index (χ0v) is 20.2. The van der Waals surface area contributed by atoms with Crippen molar-refractivity contribution in [2.24, 2.45) is 0 Å². The third-order valence-electron chi connectivity index (χ3n) is 5.94. The van der Waals surface area contributed by atoms with E-state index in [9.17, 15) is 18.0 Å². The van der Waals surface area contributed by atoms with Crippen LogP contribution in [0, 0.1) is 13.8 Å². The molecule has 1 unspecified atom stereocenters. The number of hydrogen-bond donors (Lipinski definition) is 0. The fourth-order valence-electron chi connectivity index (χ4n) is 4.02. The van der Waals surface area contributed by atoms with Gasteiger partial charge in [0.05, 0.1) is 21.7 Å². The van der Waals surface area contributed by atoms with E-state index in [4.69, 9.17) is 4.74 Å². The van der Waals surface area contributed by atoms with Gasteiger partial charge in [0.2, 0.25) is 10.0 Å². The largest absolute Gasteiger partial charge is 0.449 e. The van der Waals surface area contributed by atoms with Crippen molar-refractivity contribution in [3.8, 4) is 0 Å². The lowest BCUT2D eigenvalue weighted by molar-refractivity contribution is -0.141. The highest BCUT2D eigenvalue weighted by Crippen LogP contribution is 2.21. The number of ether oxygens (including phenoxy) is 1. The van der Waals surface area contributed by atoms with Gasteiger partial charge in [-0.3, -0.25) is 9.78 Å². The molecule has 34 heavy (non-hydrogen) atoms. The molecule has 1 aromatic heterocycles. The van der Waals surface area contributed by atoms with Gasteiger partial charge in [-0.15, -0.1) is 0 Å². The SMILES string of the molecule is Cc1ccc2nc(C)c(C(=O)OC(C)C(=O)N3CCN(S(=O)(=O)c4ccccc4)CC3)cc2c1. The first-order chi connectivity index (χ1) is 16.2. The summed E-state index contributed by atoms with van der Waals surface area (Å²) in [5.74, 6) is -0.966. The van der Waals surface area contributed by atoms with Crippen molar-refractivity contribution in [2.45, 2.75) is 31.8 Å². The number of carbonyl (C=O) groups is 2. The van der Waals surface area contributed by atoms with E-state index in [1.54, 1.807) is 43.3 Å². The molecule has 1 amide bonds. The number of aromatic nitrogens is 1. The number of hydrogen-bond acceptors (Lipinski definition) is 6. The number of amides is 1. The molecule has 0 radical (unpaired) electrons. The van der Waals surface area contributed by atoms with Gasteiger partial charge >= 0.3 is 5.97 Å². The molecular weight excluding hydrogens is 454 g/mol. The highest BCUT2D eigenvalue weighted by atomic mass is 32.2. The van der Waals surface area contributed by atoms with E-state index in [1.807, 2.05) is 25.1 Å². The Bertz CT molecular complexity index is 1330. The molecule has 2 heterocycles. The van der Waals surface area contributed by atoms with Crippen LogP contribution in [0.2, 0.25) is 0 Å². The molecule has 1 fully saturated rings. The Hall–Kier alpha value is -3.30. The minimum Gasteiger partial charge on any atom is -0.449 e. The van der Waals surface area contributed by atoms with Gasteiger partial charge in [0, 0.05) is 31.6 Å². The highest BCUT2D eigenvalue weighted by Gasteiger charge is 2.32. The third kappa shape index (κ3) is 4.80. The van der Waals surface area contributed by atoms with Gasteiger partial charge < -0.3 is 9.64 Å². The van der Waals surface area contributed by atoms with Crippen LogP contribution in [0.4, 0.5) is 0 Å². The zero-order chi connectivity index (χ0) is 24.5. The number of nitrogens with zero attached hydrogens (tertiary/aromatic N) is 3. The lowest BCUT2D eigenvalue weighted by Crippen LogP contribution is -2.52. The van der Waals surface area contributed by atoms with E-state index in [1.165, 1.54) is 16.1 Å². The number of rotatable bonds is 5. The topological polar surface area (TPSA) is 96.9 Å². The van der Waals surface area contributed by atoms with E-state index >= 15 is 0 Å². The molecule has 178 valence electrons. The Morgan fingerprint density at radius 3 is 2.32 bits per heavy atom. The Morgan fingerprint density at radius 1 is 0.971 bits per heavy atom. The van der Waals surface area contributed by atoms with E-state index in [-0.39, 0.29) is 37.0 Å². The smallest absolute Gasteiger partial charge is 0.340 e. The summed E-state index contributed by atoms with van der Waals surface area (Å²) < 4.78 is 32.4. The van der Waals surface area contributed by atoms with Crippen LogP contribution < -0.4 is 0 Å². The second-order valence-electron chi connectivity index (χ2n) is 8.41. The maximum Gasteiger partial charge on any atom is 0.340 e. The molecule has 4 rings (SSSR count). The van der Waals surface area contributed by atoms with Gasteiger partial charge in [-0.25, -0.2) is 13.2 Å². The lowest BCUT2D eigenvalue weighted by atomic mass is 10.1. The van der Waals surface area contributed by atoms with Crippen molar-refractivity contribution in [1.82, 2.24) is 14.2 Å².